The van der Waals surface area contributed by atoms with E-state index >= 15 is 0 Å². The summed E-state index contributed by atoms with van der Waals surface area (Å²) in [4.78, 5) is 37.2. The average molecular weight is 796 g/mol. The summed E-state index contributed by atoms with van der Waals surface area (Å²) in [5, 5.41) is 20.6. The van der Waals surface area contributed by atoms with Crippen LogP contribution in [0.25, 0.3) is 21.8 Å². The minimum Gasteiger partial charge on any atom is -0.493 e. The summed E-state index contributed by atoms with van der Waals surface area (Å²) >= 11 is 5.69. The van der Waals surface area contributed by atoms with Gasteiger partial charge in [-0.25, -0.2) is 33.5 Å². The van der Waals surface area contributed by atoms with Gasteiger partial charge in [0.15, 0.2) is 40.8 Å². The number of nitrogens with zero attached hydrogens (tertiary/aromatic N) is 5. The molecule has 0 aliphatic rings. The summed E-state index contributed by atoms with van der Waals surface area (Å²) in [7, 11) is 5.30. The van der Waals surface area contributed by atoms with Gasteiger partial charge in [0.1, 0.15) is 0 Å². The van der Waals surface area contributed by atoms with Crippen molar-refractivity contribution in [2.24, 2.45) is 5.14 Å². The number of carbonyl (C=O) groups is 1. The van der Waals surface area contributed by atoms with E-state index in [0.29, 0.717) is 46.4 Å². The van der Waals surface area contributed by atoms with Crippen LogP contribution in [0.2, 0.25) is 5.28 Å². The van der Waals surface area contributed by atoms with Gasteiger partial charge in [-0.1, -0.05) is 0 Å². The summed E-state index contributed by atoms with van der Waals surface area (Å²) in [6.07, 6.45) is 3.71. The van der Waals surface area contributed by atoms with Crippen molar-refractivity contribution in [1.82, 2.24) is 19.9 Å². The zero-order valence-corrected chi connectivity index (χ0v) is 31.7. The Morgan fingerprint density at radius 3 is 1.64 bits per heavy atom. The van der Waals surface area contributed by atoms with Crippen molar-refractivity contribution in [3.63, 3.8) is 0 Å². The van der Waals surface area contributed by atoms with Crippen LogP contribution in [0.5, 0.6) is 34.5 Å². The molecule has 20 heteroatoms. The molecule has 0 unspecified atom stereocenters. The molecule has 0 atom stereocenters. The Labute approximate surface area is 319 Å². The van der Waals surface area contributed by atoms with E-state index in [1.807, 2.05) is 6.07 Å². The lowest BCUT2D eigenvalue weighted by molar-refractivity contribution is -0.385. The first-order valence-electron chi connectivity index (χ1n) is 15.5. The third-order valence-electron chi connectivity index (χ3n) is 7.44. The quantitative estimate of drug-likeness (QED) is 0.0685. The van der Waals surface area contributed by atoms with Crippen LogP contribution < -0.4 is 38.9 Å². The topological polar surface area (TPSA) is 239 Å². The number of hydrogen-bond donors (Lipinski definition) is 2. The Kier molecular flexibility index (Phi) is 13.8. The first kappa shape index (κ1) is 41.2. The Bertz CT molecular complexity index is 2440. The molecule has 288 valence electrons. The number of fused-ring (bicyclic) bond motifs is 2. The van der Waals surface area contributed by atoms with Gasteiger partial charge in [0.2, 0.25) is 21.3 Å². The highest BCUT2D eigenvalue weighted by Crippen LogP contribution is 2.34. The molecular weight excluding hydrogens is 762 g/mol. The molecule has 0 spiro atoms. The molecule has 6 rings (SSSR count). The van der Waals surface area contributed by atoms with Crippen LogP contribution in [-0.4, -0.2) is 82.2 Å². The van der Waals surface area contributed by atoms with Gasteiger partial charge in [0, 0.05) is 47.1 Å². The van der Waals surface area contributed by atoms with E-state index in [1.165, 1.54) is 32.4 Å². The third kappa shape index (κ3) is 10.3. The zero-order valence-electron chi connectivity index (χ0n) is 30.1. The molecule has 2 aromatic heterocycles. The zero-order chi connectivity index (χ0) is 40.3. The molecule has 4 aromatic carbocycles. The number of primary sulfonamides is 1. The fourth-order valence-corrected chi connectivity index (χ4v) is 5.40. The molecule has 55 heavy (non-hydrogen) atoms. The van der Waals surface area contributed by atoms with Crippen LogP contribution in [0.3, 0.4) is 0 Å². The van der Waals surface area contributed by atoms with Crippen LogP contribution in [0.4, 0.5) is 17.3 Å². The molecule has 3 N–H and O–H groups in total. The molecule has 0 saturated heterocycles. The number of nitro groups is 1. The molecule has 18 nitrogen and oxygen atoms in total. The number of aldehydes is 1. The molecular formula is C35H34ClN7O11S. The van der Waals surface area contributed by atoms with Crippen molar-refractivity contribution < 1.29 is 46.6 Å². The van der Waals surface area contributed by atoms with E-state index in [4.69, 9.17) is 45.2 Å². The summed E-state index contributed by atoms with van der Waals surface area (Å²) in [5.41, 5.74) is 1.69. The van der Waals surface area contributed by atoms with E-state index < -0.39 is 14.9 Å². The van der Waals surface area contributed by atoms with Crippen LogP contribution in [-0.2, 0) is 10.0 Å². The van der Waals surface area contributed by atoms with Gasteiger partial charge < -0.3 is 33.7 Å². The van der Waals surface area contributed by atoms with Gasteiger partial charge in [0.25, 0.3) is 5.69 Å². The number of aromatic nitrogens is 4. The lowest BCUT2D eigenvalue weighted by Crippen LogP contribution is -2.11. The minimum atomic E-state index is -3.72. The van der Waals surface area contributed by atoms with Gasteiger partial charge in [-0.2, -0.15) is 0 Å². The summed E-state index contributed by atoms with van der Waals surface area (Å²) < 4.78 is 53.2. The molecule has 0 aliphatic carbocycles. The van der Waals surface area contributed by atoms with Crippen LogP contribution in [0.1, 0.15) is 10.4 Å². The van der Waals surface area contributed by atoms with Crippen molar-refractivity contribution in [2.75, 3.05) is 48.0 Å². The second kappa shape index (κ2) is 18.5. The van der Waals surface area contributed by atoms with Gasteiger partial charge in [-0.05, 0) is 48.0 Å². The molecule has 2 heterocycles. The van der Waals surface area contributed by atoms with Gasteiger partial charge in [-0.15, -0.1) is 0 Å². The lowest BCUT2D eigenvalue weighted by atomic mass is 10.1. The number of ether oxygens (including phenoxy) is 6. The Morgan fingerprint density at radius 1 is 0.709 bits per heavy atom. The van der Waals surface area contributed by atoms with E-state index in [9.17, 15) is 23.3 Å². The predicted molar refractivity (Wildman–Crippen MR) is 203 cm³/mol. The normalized spacial score (nSPS) is 10.5. The van der Waals surface area contributed by atoms with E-state index in [2.05, 4.69) is 25.3 Å². The first-order valence-corrected chi connectivity index (χ1v) is 17.4. The number of nitrogens with one attached hydrogen (secondary N) is 1. The number of nitro benzene ring substituents is 1. The highest BCUT2D eigenvalue weighted by molar-refractivity contribution is 7.89. The van der Waals surface area contributed by atoms with Crippen molar-refractivity contribution >= 4 is 67.0 Å². The van der Waals surface area contributed by atoms with Crippen molar-refractivity contribution in [1.29, 1.82) is 0 Å². The number of hydrogen-bond acceptors (Lipinski definition) is 16. The number of sulfonamides is 1. The first-order chi connectivity index (χ1) is 26.3. The standard InChI is InChI=1S/C16H16N4O4S.C10H9ClN2O2.C9H9NO5/c1-23-14-7-10-9-18-16(20-13(10)8-15(14)24-2)19-11-3-5-12(6-4-11)25(17,21)22;1-14-8-3-6-5-12-10(11)13-7(6)4-9(8)15-2;1-14-8-3-6(5-11)7(10(12)13)4-9(8)15-2/h3-9H,1-2H3,(H2,17,21,22)(H,18,19,20);2*3-5H,1-2H3. The molecule has 0 bridgehead atoms. The lowest BCUT2D eigenvalue weighted by Gasteiger charge is -2.10. The third-order valence-corrected chi connectivity index (χ3v) is 8.55. The number of carbonyl (C=O) groups excluding carboxylic acids is 1. The monoisotopic (exact) mass is 795 g/mol. The van der Waals surface area contributed by atoms with E-state index in [-0.39, 0.29) is 32.9 Å². The number of rotatable bonds is 11. The second-order valence-electron chi connectivity index (χ2n) is 10.7. The molecule has 0 fully saturated rings. The molecule has 6 aromatic rings. The summed E-state index contributed by atoms with van der Waals surface area (Å²) in [6.45, 7) is 0. The highest BCUT2D eigenvalue weighted by atomic mass is 35.5. The van der Waals surface area contributed by atoms with E-state index in [0.717, 1.165) is 22.4 Å². The molecule has 0 amide bonds. The Morgan fingerprint density at radius 2 is 1.16 bits per heavy atom. The fourth-order valence-electron chi connectivity index (χ4n) is 4.75. The van der Waals surface area contributed by atoms with E-state index in [1.54, 1.807) is 71.2 Å². The van der Waals surface area contributed by atoms with Crippen LogP contribution in [0, 0.1) is 10.1 Å². The van der Waals surface area contributed by atoms with Gasteiger partial charge >= 0.3 is 0 Å². The van der Waals surface area contributed by atoms with Crippen molar-refractivity contribution in [3.05, 3.63) is 94.0 Å². The minimum absolute atomic E-state index is 0.0364. The average Bonchev–Trinajstić information content (AvgIpc) is 3.19. The highest BCUT2D eigenvalue weighted by Gasteiger charge is 2.19. The fraction of sp³-hybridized carbons (Fsp3) is 0.171. The number of benzene rings is 4. The maximum Gasteiger partial charge on any atom is 0.283 e. The maximum absolute atomic E-state index is 11.3. The van der Waals surface area contributed by atoms with Crippen molar-refractivity contribution in [3.8, 4) is 34.5 Å². The SMILES string of the molecule is COc1cc(C=O)c([N+](=O)[O-])cc1OC.COc1cc2cnc(Cl)nc2cc1OC.COc1cc2cnc(Nc3ccc(S(N)(=O)=O)cc3)nc2cc1OC. The van der Waals surface area contributed by atoms with Crippen molar-refractivity contribution in [2.45, 2.75) is 4.90 Å². The summed E-state index contributed by atoms with van der Waals surface area (Å²) in [6, 6.07) is 15.5. The Hall–Kier alpha value is -6.57. The second-order valence-corrected chi connectivity index (χ2v) is 12.6. The molecule has 0 radical (unpaired) electrons. The number of nitrogens with two attached hydrogens (primary N) is 1. The number of anilines is 2. The predicted octanol–water partition coefficient (Wildman–Crippen LogP) is 5.76. The van der Waals surface area contributed by atoms with Crippen LogP contribution >= 0.6 is 11.6 Å². The smallest absolute Gasteiger partial charge is 0.283 e. The molecule has 0 saturated carbocycles. The number of halogens is 1. The maximum atomic E-state index is 11.3. The van der Waals surface area contributed by atoms with Gasteiger partial charge in [0.05, 0.1) is 75.1 Å². The Balaban J connectivity index is 0.000000194. The molecule has 0 aliphatic heterocycles. The van der Waals surface area contributed by atoms with Gasteiger partial charge in [-0.3, -0.25) is 14.9 Å². The van der Waals surface area contributed by atoms with Crippen LogP contribution in [0.15, 0.2) is 78.0 Å². The largest absolute Gasteiger partial charge is 0.493 e. The summed E-state index contributed by atoms with van der Waals surface area (Å²) in [5.74, 6) is 3.30. The number of methoxy groups -OCH3 is 6.